The van der Waals surface area contributed by atoms with E-state index in [0.717, 1.165) is 12.3 Å². The Morgan fingerprint density at radius 2 is 2.55 bits per heavy atom. The Morgan fingerprint density at radius 1 is 1.82 bits per heavy atom. The van der Waals surface area contributed by atoms with Crippen LogP contribution < -0.4 is 5.48 Å². The van der Waals surface area contributed by atoms with Gasteiger partial charge in [0.25, 0.3) is 0 Å². The third-order valence-electron chi connectivity index (χ3n) is 1.06. The molecule has 0 aliphatic heterocycles. The summed E-state index contributed by atoms with van der Waals surface area (Å²) in [6, 6.07) is 1.06. The molecule has 0 amide bonds. The zero-order valence-electron chi connectivity index (χ0n) is 5.85. The zero-order chi connectivity index (χ0) is 8.27. The van der Waals surface area contributed by atoms with Crippen LogP contribution in [0.1, 0.15) is 10.5 Å². The molecule has 4 nitrogen and oxygen atoms in total. The quantitative estimate of drug-likeness (QED) is 0.614. The van der Waals surface area contributed by atoms with Crippen molar-refractivity contribution in [3.63, 3.8) is 0 Å². The molecular formula is C6H7FN2O2. The Kier molecular flexibility index (Phi) is 2.22. The van der Waals surface area contributed by atoms with Crippen LogP contribution in [-0.2, 0) is 4.84 Å². The molecule has 0 aliphatic carbocycles. The van der Waals surface area contributed by atoms with E-state index in [9.17, 15) is 9.18 Å². The van der Waals surface area contributed by atoms with Gasteiger partial charge in [0.15, 0.2) is 0 Å². The fourth-order valence-electron chi connectivity index (χ4n) is 0.633. The number of hydrogen-bond donors (Lipinski definition) is 2. The molecule has 0 aromatic carbocycles. The summed E-state index contributed by atoms with van der Waals surface area (Å²) in [5.74, 6) is -1.13. The maximum absolute atomic E-state index is 12.3. The smallest absolute Gasteiger partial charge is 0.366 e. The minimum absolute atomic E-state index is 0.0804. The van der Waals surface area contributed by atoms with Crippen LogP contribution in [0.4, 0.5) is 4.39 Å². The van der Waals surface area contributed by atoms with E-state index in [2.05, 4.69) is 15.3 Å². The van der Waals surface area contributed by atoms with Gasteiger partial charge in [-0.2, -0.15) is 5.48 Å². The Labute approximate surface area is 62.3 Å². The van der Waals surface area contributed by atoms with Crippen molar-refractivity contribution >= 4 is 5.97 Å². The van der Waals surface area contributed by atoms with E-state index in [0.29, 0.717) is 0 Å². The normalized spacial score (nSPS) is 9.64. The molecule has 0 unspecified atom stereocenters. The van der Waals surface area contributed by atoms with Crippen molar-refractivity contribution < 1.29 is 14.0 Å². The third-order valence-corrected chi connectivity index (χ3v) is 1.06. The molecule has 1 aromatic rings. The first-order chi connectivity index (χ1) is 5.24. The summed E-state index contributed by atoms with van der Waals surface area (Å²) in [5.41, 5.74) is 2.26. The molecular weight excluding hydrogens is 151 g/mol. The van der Waals surface area contributed by atoms with Gasteiger partial charge in [-0.1, -0.05) is 0 Å². The Morgan fingerprint density at radius 3 is 3.00 bits per heavy atom. The van der Waals surface area contributed by atoms with Crippen LogP contribution in [-0.4, -0.2) is 18.0 Å². The number of aromatic nitrogens is 1. The van der Waals surface area contributed by atoms with Gasteiger partial charge in [-0.25, -0.2) is 9.18 Å². The third kappa shape index (κ3) is 1.78. The van der Waals surface area contributed by atoms with Crippen molar-refractivity contribution in [2.75, 3.05) is 7.05 Å². The minimum atomic E-state index is -0.642. The monoisotopic (exact) mass is 158 g/mol. The SMILES string of the molecule is CNOC(=O)c1cc(F)c[nH]1. The highest BCUT2D eigenvalue weighted by atomic mass is 19.1. The lowest BCUT2D eigenvalue weighted by Gasteiger charge is -1.96. The first-order valence-corrected chi connectivity index (χ1v) is 2.96. The number of aromatic amines is 1. The first-order valence-electron chi connectivity index (χ1n) is 2.96. The number of halogens is 1. The standard InChI is InChI=1S/C6H7FN2O2/c1-8-11-6(10)5-2-4(7)3-9-5/h2-3,8-9H,1H3. The number of hydroxylamine groups is 1. The average molecular weight is 158 g/mol. The molecule has 11 heavy (non-hydrogen) atoms. The molecule has 0 aliphatic rings. The van der Waals surface area contributed by atoms with Gasteiger partial charge in [0.2, 0.25) is 0 Å². The lowest BCUT2D eigenvalue weighted by molar-refractivity contribution is 0.0303. The molecule has 0 spiro atoms. The van der Waals surface area contributed by atoms with E-state index in [1.807, 2.05) is 0 Å². The molecule has 0 bridgehead atoms. The van der Waals surface area contributed by atoms with Gasteiger partial charge in [0.05, 0.1) is 0 Å². The number of carbonyl (C=O) groups is 1. The van der Waals surface area contributed by atoms with E-state index in [4.69, 9.17) is 0 Å². The maximum Gasteiger partial charge on any atom is 0.373 e. The minimum Gasteiger partial charge on any atom is -0.366 e. The van der Waals surface area contributed by atoms with Crippen molar-refractivity contribution in [1.29, 1.82) is 0 Å². The molecule has 0 saturated heterocycles. The summed E-state index contributed by atoms with van der Waals surface area (Å²) in [5, 5.41) is 0. The lowest BCUT2D eigenvalue weighted by atomic mass is 10.4. The predicted octanol–water partition coefficient (Wildman–Crippen LogP) is 0.445. The highest BCUT2D eigenvalue weighted by molar-refractivity contribution is 5.87. The van der Waals surface area contributed by atoms with Crippen LogP contribution in [0.25, 0.3) is 0 Å². The highest BCUT2D eigenvalue weighted by Crippen LogP contribution is 2.01. The molecule has 1 rings (SSSR count). The van der Waals surface area contributed by atoms with Crippen LogP contribution in [0.2, 0.25) is 0 Å². The molecule has 1 aromatic heterocycles. The van der Waals surface area contributed by atoms with Crippen molar-refractivity contribution in [2.45, 2.75) is 0 Å². The van der Waals surface area contributed by atoms with E-state index < -0.39 is 11.8 Å². The van der Waals surface area contributed by atoms with E-state index >= 15 is 0 Å². The predicted molar refractivity (Wildman–Crippen MR) is 35.2 cm³/mol. The Bertz CT molecular complexity index is 259. The van der Waals surface area contributed by atoms with Gasteiger partial charge in [-0.3, -0.25) is 0 Å². The molecule has 2 N–H and O–H groups in total. The molecule has 0 fully saturated rings. The maximum atomic E-state index is 12.3. The lowest BCUT2D eigenvalue weighted by Crippen LogP contribution is -2.15. The fraction of sp³-hybridized carbons (Fsp3) is 0.167. The summed E-state index contributed by atoms with van der Waals surface area (Å²) < 4.78 is 12.3. The van der Waals surface area contributed by atoms with Crippen LogP contribution in [0.5, 0.6) is 0 Å². The van der Waals surface area contributed by atoms with Crippen molar-refractivity contribution in [1.82, 2.24) is 10.5 Å². The van der Waals surface area contributed by atoms with Gasteiger partial charge < -0.3 is 9.82 Å². The number of nitrogens with one attached hydrogen (secondary N) is 2. The van der Waals surface area contributed by atoms with Crippen LogP contribution in [0, 0.1) is 5.82 Å². The second-order valence-electron chi connectivity index (χ2n) is 1.83. The van der Waals surface area contributed by atoms with Crippen molar-refractivity contribution in [2.24, 2.45) is 0 Å². The van der Waals surface area contributed by atoms with Crippen molar-refractivity contribution in [3.05, 3.63) is 23.8 Å². The van der Waals surface area contributed by atoms with Gasteiger partial charge >= 0.3 is 5.97 Å². The molecule has 0 radical (unpaired) electrons. The summed E-state index contributed by atoms with van der Waals surface area (Å²) >= 11 is 0. The second kappa shape index (κ2) is 3.16. The fourth-order valence-corrected chi connectivity index (χ4v) is 0.633. The summed E-state index contributed by atoms with van der Waals surface area (Å²) in [7, 11) is 1.44. The largest absolute Gasteiger partial charge is 0.373 e. The van der Waals surface area contributed by atoms with E-state index in [-0.39, 0.29) is 5.69 Å². The van der Waals surface area contributed by atoms with E-state index in [1.54, 1.807) is 0 Å². The molecule has 60 valence electrons. The Hall–Kier alpha value is -1.36. The number of carbonyl (C=O) groups excluding carboxylic acids is 1. The molecule has 1 heterocycles. The zero-order valence-corrected chi connectivity index (χ0v) is 5.85. The first kappa shape index (κ1) is 7.74. The molecule has 5 heteroatoms. The van der Waals surface area contributed by atoms with Crippen LogP contribution in [0.3, 0.4) is 0 Å². The Balaban J connectivity index is 2.69. The molecule has 0 atom stereocenters. The van der Waals surface area contributed by atoms with Gasteiger partial charge in [-0.05, 0) is 0 Å². The number of rotatable bonds is 2. The number of hydrogen-bond acceptors (Lipinski definition) is 3. The van der Waals surface area contributed by atoms with Crippen LogP contribution >= 0.6 is 0 Å². The highest BCUT2D eigenvalue weighted by Gasteiger charge is 2.08. The van der Waals surface area contributed by atoms with E-state index in [1.165, 1.54) is 7.05 Å². The van der Waals surface area contributed by atoms with Gasteiger partial charge in [0.1, 0.15) is 11.5 Å². The molecule has 0 saturated carbocycles. The van der Waals surface area contributed by atoms with Crippen LogP contribution in [0.15, 0.2) is 12.3 Å². The van der Waals surface area contributed by atoms with Gasteiger partial charge in [0, 0.05) is 19.3 Å². The average Bonchev–Trinajstić information content (AvgIpc) is 2.36. The van der Waals surface area contributed by atoms with Crippen molar-refractivity contribution in [3.8, 4) is 0 Å². The topological polar surface area (TPSA) is 54.1 Å². The summed E-state index contributed by atoms with van der Waals surface area (Å²) in [4.78, 5) is 17.5. The summed E-state index contributed by atoms with van der Waals surface area (Å²) in [6.45, 7) is 0. The summed E-state index contributed by atoms with van der Waals surface area (Å²) in [6.07, 6.45) is 1.08. The second-order valence-corrected chi connectivity index (χ2v) is 1.83. The number of H-pyrrole nitrogens is 1. The van der Waals surface area contributed by atoms with Gasteiger partial charge in [-0.15, -0.1) is 0 Å².